The lowest BCUT2D eigenvalue weighted by atomic mass is 9.93. The maximum atomic E-state index is 12.9. The molecule has 0 spiro atoms. The number of rotatable bonds is 1. The molecule has 2 aromatic rings. The summed E-state index contributed by atoms with van der Waals surface area (Å²) in [5, 5.41) is 0.519. The topological polar surface area (TPSA) is 46.3 Å². The average Bonchev–Trinajstić information content (AvgIpc) is 2.48. The number of carbonyl (C=O) groups is 1. The number of halogens is 1. The van der Waals surface area contributed by atoms with Crippen LogP contribution in [0.1, 0.15) is 22.8 Å². The molecule has 4 heteroatoms. The third-order valence-corrected chi connectivity index (χ3v) is 4.07. The van der Waals surface area contributed by atoms with Crippen molar-refractivity contribution in [2.75, 3.05) is 17.2 Å². The zero-order chi connectivity index (χ0) is 15.0. The van der Waals surface area contributed by atoms with Gasteiger partial charge < -0.3 is 10.6 Å². The number of nitrogen functional groups attached to an aromatic ring is 1. The molecule has 0 radical (unpaired) electrons. The van der Waals surface area contributed by atoms with Crippen molar-refractivity contribution in [3.63, 3.8) is 0 Å². The molecule has 1 aliphatic rings. The number of amides is 1. The number of hydrogen-bond donors (Lipinski definition) is 1. The molecule has 0 saturated carbocycles. The van der Waals surface area contributed by atoms with Gasteiger partial charge in [0.1, 0.15) is 0 Å². The fourth-order valence-electron chi connectivity index (χ4n) is 2.85. The van der Waals surface area contributed by atoms with Crippen molar-refractivity contribution in [2.24, 2.45) is 5.92 Å². The van der Waals surface area contributed by atoms with Crippen LogP contribution in [0, 0.1) is 5.92 Å². The van der Waals surface area contributed by atoms with Gasteiger partial charge in [-0.05, 0) is 42.2 Å². The van der Waals surface area contributed by atoms with Crippen molar-refractivity contribution in [3.05, 3.63) is 58.6 Å². The summed E-state index contributed by atoms with van der Waals surface area (Å²) in [5.74, 6) is 0.332. The van der Waals surface area contributed by atoms with E-state index in [1.165, 1.54) is 5.56 Å². The molecule has 1 atom stereocenters. The van der Waals surface area contributed by atoms with Crippen molar-refractivity contribution in [3.8, 4) is 0 Å². The van der Waals surface area contributed by atoms with Crippen LogP contribution in [0.15, 0.2) is 42.5 Å². The summed E-state index contributed by atoms with van der Waals surface area (Å²) in [6.07, 6.45) is 0.991. The SMILES string of the molecule is CC1Cc2ccccc2N(C(=O)c2cc(Cl)ccc2N)C1. The first-order chi connectivity index (χ1) is 10.1. The van der Waals surface area contributed by atoms with Gasteiger partial charge in [0.25, 0.3) is 5.91 Å². The highest BCUT2D eigenvalue weighted by Gasteiger charge is 2.27. The Labute approximate surface area is 129 Å². The molecule has 2 aromatic carbocycles. The third-order valence-electron chi connectivity index (χ3n) is 3.84. The van der Waals surface area contributed by atoms with E-state index in [4.69, 9.17) is 17.3 Å². The fraction of sp³-hybridized carbons (Fsp3) is 0.235. The largest absolute Gasteiger partial charge is 0.398 e. The Morgan fingerprint density at radius 3 is 2.86 bits per heavy atom. The minimum Gasteiger partial charge on any atom is -0.398 e. The van der Waals surface area contributed by atoms with Crippen LogP contribution in [0.4, 0.5) is 11.4 Å². The Balaban J connectivity index is 2.04. The lowest BCUT2D eigenvalue weighted by molar-refractivity contribution is 0.0982. The molecule has 0 saturated heterocycles. The van der Waals surface area contributed by atoms with Gasteiger partial charge in [0.05, 0.1) is 5.56 Å². The first-order valence-electron chi connectivity index (χ1n) is 7.01. The van der Waals surface area contributed by atoms with E-state index < -0.39 is 0 Å². The lowest BCUT2D eigenvalue weighted by Crippen LogP contribution is -2.39. The maximum Gasteiger partial charge on any atom is 0.260 e. The minimum atomic E-state index is -0.0889. The number of nitrogens with zero attached hydrogens (tertiary/aromatic N) is 1. The number of benzene rings is 2. The van der Waals surface area contributed by atoms with Gasteiger partial charge in [0.2, 0.25) is 0 Å². The molecule has 0 fully saturated rings. The fourth-order valence-corrected chi connectivity index (χ4v) is 3.02. The van der Waals surface area contributed by atoms with Gasteiger partial charge in [0, 0.05) is 22.9 Å². The highest BCUT2D eigenvalue weighted by atomic mass is 35.5. The summed E-state index contributed by atoms with van der Waals surface area (Å²) in [6.45, 7) is 2.85. The zero-order valence-electron chi connectivity index (χ0n) is 11.8. The molecule has 0 aromatic heterocycles. The van der Waals surface area contributed by atoms with E-state index in [0.29, 0.717) is 28.7 Å². The zero-order valence-corrected chi connectivity index (χ0v) is 12.6. The Morgan fingerprint density at radius 1 is 1.29 bits per heavy atom. The molecule has 1 unspecified atom stereocenters. The minimum absolute atomic E-state index is 0.0889. The molecule has 21 heavy (non-hydrogen) atoms. The Morgan fingerprint density at radius 2 is 2.05 bits per heavy atom. The summed E-state index contributed by atoms with van der Waals surface area (Å²) >= 11 is 6.00. The molecule has 108 valence electrons. The molecule has 0 bridgehead atoms. The highest BCUT2D eigenvalue weighted by molar-refractivity contribution is 6.31. The van der Waals surface area contributed by atoms with Crippen LogP contribution in [-0.4, -0.2) is 12.5 Å². The summed E-state index contributed by atoms with van der Waals surface area (Å²) < 4.78 is 0. The quantitative estimate of drug-likeness (QED) is 0.815. The average molecular weight is 301 g/mol. The highest BCUT2D eigenvalue weighted by Crippen LogP contribution is 2.31. The molecule has 2 N–H and O–H groups in total. The summed E-state index contributed by atoms with van der Waals surface area (Å²) in [5.41, 5.74) is 9.04. The van der Waals surface area contributed by atoms with E-state index in [0.717, 1.165) is 12.1 Å². The van der Waals surface area contributed by atoms with Gasteiger partial charge in [0.15, 0.2) is 0 Å². The van der Waals surface area contributed by atoms with Gasteiger partial charge in [-0.1, -0.05) is 36.7 Å². The van der Waals surface area contributed by atoms with Crippen LogP contribution < -0.4 is 10.6 Å². The third kappa shape index (κ3) is 2.61. The van der Waals surface area contributed by atoms with E-state index in [1.54, 1.807) is 18.2 Å². The van der Waals surface area contributed by atoms with E-state index >= 15 is 0 Å². The summed E-state index contributed by atoms with van der Waals surface area (Å²) in [6, 6.07) is 13.0. The second-order valence-electron chi connectivity index (χ2n) is 5.59. The van der Waals surface area contributed by atoms with Crippen molar-refractivity contribution in [1.82, 2.24) is 0 Å². The molecule has 1 amide bonds. The Bertz CT molecular complexity index is 699. The second kappa shape index (κ2) is 5.41. The smallest absolute Gasteiger partial charge is 0.260 e. The number of para-hydroxylation sites is 1. The Hall–Kier alpha value is -2.00. The normalized spacial score (nSPS) is 17.4. The number of carbonyl (C=O) groups excluding carboxylic acids is 1. The predicted molar refractivity (Wildman–Crippen MR) is 86.9 cm³/mol. The molecule has 3 rings (SSSR count). The molecular weight excluding hydrogens is 284 g/mol. The second-order valence-corrected chi connectivity index (χ2v) is 6.02. The standard InChI is InChI=1S/C17H17ClN2O/c1-11-8-12-4-2-3-5-16(12)20(10-11)17(21)14-9-13(18)6-7-15(14)19/h2-7,9,11H,8,10,19H2,1H3. The van der Waals surface area contributed by atoms with Gasteiger partial charge >= 0.3 is 0 Å². The van der Waals surface area contributed by atoms with Gasteiger partial charge in [-0.2, -0.15) is 0 Å². The van der Waals surface area contributed by atoms with Crippen molar-refractivity contribution < 1.29 is 4.79 Å². The van der Waals surface area contributed by atoms with E-state index in [9.17, 15) is 4.79 Å². The number of hydrogen-bond acceptors (Lipinski definition) is 2. The van der Waals surface area contributed by atoms with E-state index in [-0.39, 0.29) is 5.91 Å². The summed E-state index contributed by atoms with van der Waals surface area (Å²) in [7, 11) is 0. The van der Waals surface area contributed by atoms with E-state index in [2.05, 4.69) is 13.0 Å². The number of nitrogens with two attached hydrogens (primary N) is 1. The molecular formula is C17H17ClN2O. The van der Waals surface area contributed by atoms with Crippen LogP contribution >= 0.6 is 11.6 Å². The molecule has 0 aliphatic carbocycles. The van der Waals surface area contributed by atoms with E-state index in [1.807, 2.05) is 23.1 Å². The van der Waals surface area contributed by atoms with Crippen LogP contribution in [-0.2, 0) is 6.42 Å². The number of anilines is 2. The molecule has 1 heterocycles. The first-order valence-corrected chi connectivity index (χ1v) is 7.39. The van der Waals surface area contributed by atoms with Crippen molar-refractivity contribution in [2.45, 2.75) is 13.3 Å². The van der Waals surface area contributed by atoms with Crippen LogP contribution in [0.5, 0.6) is 0 Å². The number of fused-ring (bicyclic) bond motifs is 1. The van der Waals surface area contributed by atoms with Gasteiger partial charge in [-0.3, -0.25) is 4.79 Å². The maximum absolute atomic E-state index is 12.9. The monoisotopic (exact) mass is 300 g/mol. The predicted octanol–water partition coefficient (Wildman–Crippen LogP) is 3.76. The molecule has 1 aliphatic heterocycles. The summed E-state index contributed by atoms with van der Waals surface area (Å²) in [4.78, 5) is 14.7. The first kappa shape index (κ1) is 14.0. The Kier molecular flexibility index (Phi) is 3.60. The van der Waals surface area contributed by atoms with Crippen molar-refractivity contribution >= 4 is 28.9 Å². The lowest BCUT2D eigenvalue weighted by Gasteiger charge is -2.33. The van der Waals surface area contributed by atoms with Crippen LogP contribution in [0.3, 0.4) is 0 Å². The van der Waals surface area contributed by atoms with Crippen molar-refractivity contribution in [1.29, 1.82) is 0 Å². The molecule has 3 nitrogen and oxygen atoms in total. The van der Waals surface area contributed by atoms with Gasteiger partial charge in [-0.25, -0.2) is 0 Å². The van der Waals surface area contributed by atoms with Gasteiger partial charge in [-0.15, -0.1) is 0 Å². The van der Waals surface area contributed by atoms with Crippen LogP contribution in [0.25, 0.3) is 0 Å². The van der Waals surface area contributed by atoms with Crippen LogP contribution in [0.2, 0.25) is 5.02 Å².